The molecule has 0 unspecified atom stereocenters. The van der Waals surface area contributed by atoms with Crippen molar-refractivity contribution in [2.45, 2.75) is 6.42 Å². The van der Waals surface area contributed by atoms with Crippen LogP contribution in [0.4, 0.5) is 0 Å². The summed E-state index contributed by atoms with van der Waals surface area (Å²) < 4.78 is 5.44. The smallest absolute Gasteiger partial charge is 0.253 e. The number of rotatable bonds is 6. The molecule has 1 heterocycles. The topological polar surface area (TPSA) is 49.9 Å². The number of piperazine rings is 1. The molecule has 28 heavy (non-hydrogen) atoms. The highest BCUT2D eigenvalue weighted by Crippen LogP contribution is 2.16. The molecule has 3 rings (SSSR count). The Labute approximate surface area is 170 Å². The zero-order chi connectivity index (χ0) is 19.9. The molecule has 0 spiro atoms. The van der Waals surface area contributed by atoms with E-state index in [0.717, 1.165) is 5.56 Å². The summed E-state index contributed by atoms with van der Waals surface area (Å²) in [7, 11) is 0. The number of benzene rings is 2. The number of hydrogen-bond acceptors (Lipinski definition) is 3. The molecule has 0 saturated carbocycles. The van der Waals surface area contributed by atoms with Crippen LogP contribution in [-0.2, 0) is 11.2 Å². The van der Waals surface area contributed by atoms with E-state index in [0.29, 0.717) is 55.5 Å². The van der Waals surface area contributed by atoms with Gasteiger partial charge in [0.1, 0.15) is 12.4 Å². The Balaban J connectivity index is 1.51. The molecule has 1 aliphatic rings. The molecule has 0 aromatic heterocycles. The van der Waals surface area contributed by atoms with Crippen molar-refractivity contribution in [3.05, 3.63) is 77.3 Å². The van der Waals surface area contributed by atoms with Crippen molar-refractivity contribution < 1.29 is 14.3 Å². The third-order valence-corrected chi connectivity index (χ3v) is 4.91. The van der Waals surface area contributed by atoms with E-state index in [4.69, 9.17) is 16.3 Å². The zero-order valence-electron chi connectivity index (χ0n) is 15.6. The Bertz CT molecular complexity index is 826. The lowest BCUT2D eigenvalue weighted by atomic mass is 10.1. The minimum atomic E-state index is -0.0277. The van der Waals surface area contributed by atoms with E-state index >= 15 is 0 Å². The first-order chi connectivity index (χ1) is 13.6. The maximum atomic E-state index is 12.7. The minimum Gasteiger partial charge on any atom is -0.490 e. The summed E-state index contributed by atoms with van der Waals surface area (Å²) in [6.45, 7) is 6.17. The molecule has 0 radical (unpaired) electrons. The van der Waals surface area contributed by atoms with E-state index < -0.39 is 0 Å². The Kier molecular flexibility index (Phi) is 6.71. The molecule has 2 aromatic carbocycles. The van der Waals surface area contributed by atoms with Gasteiger partial charge in [-0.05, 0) is 42.0 Å². The lowest BCUT2D eigenvalue weighted by Crippen LogP contribution is -2.51. The van der Waals surface area contributed by atoms with E-state index in [1.165, 1.54) is 0 Å². The number of ether oxygens (including phenoxy) is 1. The first kappa shape index (κ1) is 20.0. The van der Waals surface area contributed by atoms with Crippen molar-refractivity contribution in [2.24, 2.45) is 0 Å². The largest absolute Gasteiger partial charge is 0.490 e. The quantitative estimate of drug-likeness (QED) is 0.700. The molecule has 5 nitrogen and oxygen atoms in total. The molecule has 6 heteroatoms. The van der Waals surface area contributed by atoms with Gasteiger partial charge in [-0.1, -0.05) is 36.4 Å². The molecule has 0 aliphatic carbocycles. The van der Waals surface area contributed by atoms with Crippen LogP contribution in [0.25, 0.3) is 0 Å². The average molecular weight is 399 g/mol. The molecule has 146 valence electrons. The Morgan fingerprint density at radius 2 is 1.57 bits per heavy atom. The number of carbonyl (C=O) groups is 2. The number of nitrogens with zero attached hydrogens (tertiary/aromatic N) is 2. The van der Waals surface area contributed by atoms with Crippen molar-refractivity contribution >= 4 is 23.4 Å². The number of halogens is 1. The average Bonchev–Trinajstić information content (AvgIpc) is 2.74. The standard InChI is InChI=1S/C22H23ClN2O3/c1-2-15-28-20-9-5-18(6-10-20)22(27)25-13-11-24(12-14-25)21(26)16-17-3-7-19(23)8-4-17/h2-10H,1,11-16H2. The molecule has 1 aliphatic heterocycles. The molecule has 1 saturated heterocycles. The SMILES string of the molecule is C=CCOc1ccc(C(=O)N2CCN(C(=O)Cc3ccc(Cl)cc3)CC2)cc1. The summed E-state index contributed by atoms with van der Waals surface area (Å²) in [6, 6.07) is 14.4. The molecule has 0 bridgehead atoms. The van der Waals surface area contributed by atoms with Gasteiger partial charge in [0.2, 0.25) is 5.91 Å². The van der Waals surface area contributed by atoms with Gasteiger partial charge in [-0.2, -0.15) is 0 Å². The third-order valence-electron chi connectivity index (χ3n) is 4.66. The van der Waals surface area contributed by atoms with Gasteiger partial charge in [0.15, 0.2) is 0 Å². The van der Waals surface area contributed by atoms with Gasteiger partial charge in [-0.25, -0.2) is 0 Å². The van der Waals surface area contributed by atoms with Crippen LogP contribution in [0.15, 0.2) is 61.2 Å². The van der Waals surface area contributed by atoms with Crippen LogP contribution in [0.3, 0.4) is 0 Å². The fraction of sp³-hybridized carbons (Fsp3) is 0.273. The molecular formula is C22H23ClN2O3. The van der Waals surface area contributed by atoms with Crippen molar-refractivity contribution in [1.82, 2.24) is 9.80 Å². The van der Waals surface area contributed by atoms with Crippen LogP contribution in [0, 0.1) is 0 Å². The summed E-state index contributed by atoms with van der Waals surface area (Å²) in [5.41, 5.74) is 1.55. The number of carbonyl (C=O) groups excluding carboxylic acids is 2. The van der Waals surface area contributed by atoms with Crippen molar-refractivity contribution in [3.8, 4) is 5.75 Å². The predicted molar refractivity (Wildman–Crippen MR) is 110 cm³/mol. The lowest BCUT2D eigenvalue weighted by Gasteiger charge is -2.35. The van der Waals surface area contributed by atoms with Crippen molar-refractivity contribution in [1.29, 1.82) is 0 Å². The maximum Gasteiger partial charge on any atom is 0.253 e. The normalized spacial score (nSPS) is 13.9. The monoisotopic (exact) mass is 398 g/mol. The summed E-state index contributed by atoms with van der Waals surface area (Å²) >= 11 is 5.88. The highest BCUT2D eigenvalue weighted by molar-refractivity contribution is 6.30. The molecule has 1 fully saturated rings. The Hall–Kier alpha value is -2.79. The zero-order valence-corrected chi connectivity index (χ0v) is 16.4. The second kappa shape index (κ2) is 9.42. The molecule has 0 N–H and O–H groups in total. The van der Waals surface area contributed by atoms with Gasteiger partial charge in [0, 0.05) is 36.8 Å². The van der Waals surface area contributed by atoms with Gasteiger partial charge < -0.3 is 14.5 Å². The second-order valence-electron chi connectivity index (χ2n) is 6.60. The predicted octanol–water partition coefficient (Wildman–Crippen LogP) is 3.43. The molecular weight excluding hydrogens is 376 g/mol. The van der Waals surface area contributed by atoms with E-state index in [9.17, 15) is 9.59 Å². The number of hydrogen-bond donors (Lipinski definition) is 0. The van der Waals surface area contributed by atoms with Crippen LogP contribution in [0.5, 0.6) is 5.75 Å². The van der Waals surface area contributed by atoms with Crippen LogP contribution in [-0.4, -0.2) is 54.4 Å². The second-order valence-corrected chi connectivity index (χ2v) is 7.04. The number of amides is 2. The maximum absolute atomic E-state index is 12.7. The molecule has 2 amide bonds. The van der Waals surface area contributed by atoms with Gasteiger partial charge in [-0.3, -0.25) is 9.59 Å². The van der Waals surface area contributed by atoms with E-state index in [-0.39, 0.29) is 11.8 Å². The Morgan fingerprint density at radius 1 is 0.964 bits per heavy atom. The molecule has 2 aromatic rings. The van der Waals surface area contributed by atoms with Gasteiger partial charge in [0.25, 0.3) is 5.91 Å². The summed E-state index contributed by atoms with van der Waals surface area (Å²) in [4.78, 5) is 28.8. The summed E-state index contributed by atoms with van der Waals surface area (Å²) in [5.74, 6) is 0.743. The fourth-order valence-corrected chi connectivity index (χ4v) is 3.21. The molecule has 0 atom stereocenters. The third kappa shape index (κ3) is 5.14. The fourth-order valence-electron chi connectivity index (χ4n) is 3.08. The summed E-state index contributed by atoms with van der Waals surface area (Å²) in [6.07, 6.45) is 2.02. The van der Waals surface area contributed by atoms with Crippen LogP contribution in [0.1, 0.15) is 15.9 Å². The Morgan fingerprint density at radius 3 is 2.18 bits per heavy atom. The van der Waals surface area contributed by atoms with E-state index in [2.05, 4.69) is 6.58 Å². The lowest BCUT2D eigenvalue weighted by molar-refractivity contribution is -0.131. The van der Waals surface area contributed by atoms with E-state index in [1.807, 2.05) is 17.0 Å². The van der Waals surface area contributed by atoms with Crippen LogP contribution >= 0.6 is 11.6 Å². The van der Waals surface area contributed by atoms with Crippen LogP contribution < -0.4 is 4.74 Å². The van der Waals surface area contributed by atoms with Crippen LogP contribution in [0.2, 0.25) is 5.02 Å². The minimum absolute atomic E-state index is 0.0277. The highest BCUT2D eigenvalue weighted by Gasteiger charge is 2.24. The summed E-state index contributed by atoms with van der Waals surface area (Å²) in [5, 5.41) is 0.656. The van der Waals surface area contributed by atoms with Gasteiger partial charge in [0.05, 0.1) is 6.42 Å². The van der Waals surface area contributed by atoms with Gasteiger partial charge in [-0.15, -0.1) is 0 Å². The highest BCUT2D eigenvalue weighted by atomic mass is 35.5. The van der Waals surface area contributed by atoms with E-state index in [1.54, 1.807) is 47.4 Å². The first-order valence-electron chi connectivity index (χ1n) is 9.22. The first-order valence-corrected chi connectivity index (χ1v) is 9.60. The van der Waals surface area contributed by atoms with Gasteiger partial charge >= 0.3 is 0 Å². The van der Waals surface area contributed by atoms with Crippen molar-refractivity contribution in [2.75, 3.05) is 32.8 Å². The van der Waals surface area contributed by atoms with Crippen molar-refractivity contribution in [3.63, 3.8) is 0 Å².